The molecular formula is C38H72N2O16S-2. The van der Waals surface area contributed by atoms with Crippen LogP contribution in [0.25, 0.3) is 0 Å². The molecule has 3 saturated heterocycles. The maximum absolute atomic E-state index is 14.2. The van der Waals surface area contributed by atoms with Crippen LogP contribution in [0.15, 0.2) is 0 Å². The highest BCUT2D eigenvalue weighted by atomic mass is 32.3. The SMILES string of the molecule is CC[C@H]1OC(=O)[C@H](C)[C@@H](O[C@H]2C[C@@](C)(OC)[C@@H](O)[C@H](C)O2)[C@H](C)[C@@H](O[C@@H]2O[C@H](C)C[C@H](N(C)C)[C@H]2O)[C@](C)(O)C[C@@H](C)CN(C)[C@H](C)[C@@H](O)[C@]1(C)O.O=S(=O)([O-])[O-]. The molecule has 3 fully saturated rings. The lowest BCUT2D eigenvalue weighted by atomic mass is 9.77. The highest BCUT2D eigenvalue weighted by molar-refractivity contribution is 7.79. The molecule has 0 spiro atoms. The molecule has 18 atom stereocenters. The highest BCUT2D eigenvalue weighted by Crippen LogP contribution is 2.40. The summed E-state index contributed by atoms with van der Waals surface area (Å²) in [6, 6.07) is -0.808. The second-order valence-corrected chi connectivity index (χ2v) is 18.4. The Bertz CT molecular complexity index is 1360. The number of carbonyl (C=O) groups excluding carboxylic acids is 1. The van der Waals surface area contributed by atoms with Crippen molar-refractivity contribution in [2.75, 3.05) is 34.8 Å². The average Bonchev–Trinajstić information content (AvgIpc) is 3.08. The molecule has 3 aliphatic rings. The van der Waals surface area contributed by atoms with Gasteiger partial charge in [-0.2, -0.15) is 0 Å². The first-order valence-electron chi connectivity index (χ1n) is 19.8. The van der Waals surface area contributed by atoms with Gasteiger partial charge in [0.05, 0.1) is 41.5 Å². The minimum Gasteiger partial charge on any atom is -0.759 e. The topological polar surface area (TPSA) is 260 Å². The van der Waals surface area contributed by atoms with Crippen LogP contribution in [0.2, 0.25) is 0 Å². The van der Waals surface area contributed by atoms with E-state index >= 15 is 0 Å². The molecule has 3 heterocycles. The third kappa shape index (κ3) is 13.7. The first-order valence-corrected chi connectivity index (χ1v) is 21.1. The van der Waals surface area contributed by atoms with Crippen molar-refractivity contribution in [2.24, 2.45) is 17.8 Å². The second-order valence-electron chi connectivity index (χ2n) is 17.6. The summed E-state index contributed by atoms with van der Waals surface area (Å²) < 4.78 is 71.6. The van der Waals surface area contributed by atoms with Crippen molar-refractivity contribution in [1.29, 1.82) is 0 Å². The van der Waals surface area contributed by atoms with E-state index in [9.17, 15) is 30.3 Å². The zero-order chi connectivity index (χ0) is 44.2. The molecule has 0 aliphatic carbocycles. The molecule has 19 heteroatoms. The molecule has 0 unspecified atom stereocenters. The fourth-order valence-corrected chi connectivity index (χ4v) is 8.74. The van der Waals surface area contributed by atoms with Crippen molar-refractivity contribution in [2.45, 2.75) is 185 Å². The fourth-order valence-electron chi connectivity index (χ4n) is 8.74. The standard InChI is InChI=1S/C38H72N2O12.H2O4S/c1-15-27-38(10,46)31(42)24(6)40(13)19-20(2)17-36(8,45)33(52-35-29(41)26(39(11)12)16-21(3)48-35)22(4)30(23(5)34(44)50-27)51-28-18-37(9,47-14)32(43)25(7)49-28;1-5(2,3)4/h20-33,35,41-43,45-46H,15-19H2,1-14H3;(H2,1,2,3,4)/p-2/t20-,21-,22+,23-,24-,25+,26+,27-,28+,29-,30+,31-,32+,33-,35+,36-,37-,38-;/m1./s1. The van der Waals surface area contributed by atoms with Gasteiger partial charge < -0.3 is 72.9 Å². The Morgan fingerprint density at radius 3 is 2.02 bits per heavy atom. The summed E-state index contributed by atoms with van der Waals surface area (Å²) in [4.78, 5) is 18.0. The van der Waals surface area contributed by atoms with Gasteiger partial charge in [-0.05, 0) is 94.8 Å². The zero-order valence-corrected chi connectivity index (χ0v) is 37.0. The third-order valence-corrected chi connectivity index (χ3v) is 12.2. The van der Waals surface area contributed by atoms with Crippen LogP contribution in [-0.4, -0.2) is 184 Å². The smallest absolute Gasteiger partial charge is 0.311 e. The number of cyclic esters (lactones) is 1. The number of hydrogen-bond donors (Lipinski definition) is 5. The van der Waals surface area contributed by atoms with E-state index in [0.29, 0.717) is 13.0 Å². The number of hydrogen-bond acceptors (Lipinski definition) is 18. The monoisotopic (exact) mass is 844 g/mol. The van der Waals surface area contributed by atoms with Crippen molar-refractivity contribution in [3.8, 4) is 0 Å². The first kappa shape index (κ1) is 52.0. The lowest BCUT2D eigenvalue weighted by Crippen LogP contribution is -2.60. The summed E-state index contributed by atoms with van der Waals surface area (Å²) in [5.74, 6) is -2.58. The first-order chi connectivity index (χ1) is 25.9. The van der Waals surface area contributed by atoms with Crippen molar-refractivity contribution >= 4 is 16.4 Å². The van der Waals surface area contributed by atoms with Crippen molar-refractivity contribution in [3.63, 3.8) is 0 Å². The molecule has 0 saturated carbocycles. The molecule has 0 radical (unpaired) electrons. The molecule has 3 rings (SSSR count). The van der Waals surface area contributed by atoms with E-state index in [1.165, 1.54) is 14.0 Å². The van der Waals surface area contributed by atoms with Gasteiger partial charge in [0.15, 0.2) is 12.6 Å². The Labute approximate surface area is 339 Å². The summed E-state index contributed by atoms with van der Waals surface area (Å²) in [5, 5.41) is 58.1. The van der Waals surface area contributed by atoms with E-state index in [2.05, 4.69) is 0 Å². The van der Waals surface area contributed by atoms with Crippen LogP contribution >= 0.6 is 0 Å². The minimum absolute atomic E-state index is 0.133. The Balaban J connectivity index is 0.00000210. The summed E-state index contributed by atoms with van der Waals surface area (Å²) in [5.41, 5.74) is -4.37. The van der Waals surface area contributed by atoms with Crippen molar-refractivity contribution in [3.05, 3.63) is 0 Å². The average molecular weight is 845 g/mol. The van der Waals surface area contributed by atoms with Gasteiger partial charge in [-0.25, -0.2) is 0 Å². The van der Waals surface area contributed by atoms with Gasteiger partial charge in [-0.15, -0.1) is 0 Å². The number of esters is 1. The van der Waals surface area contributed by atoms with Crippen LogP contribution in [0.4, 0.5) is 0 Å². The second kappa shape index (κ2) is 20.6. The van der Waals surface area contributed by atoms with Crippen LogP contribution in [0.5, 0.6) is 0 Å². The van der Waals surface area contributed by atoms with E-state index < -0.39 is 106 Å². The Morgan fingerprint density at radius 2 is 1.51 bits per heavy atom. The summed E-state index contributed by atoms with van der Waals surface area (Å²) >= 11 is 0. The van der Waals surface area contributed by atoms with Gasteiger partial charge in [0, 0.05) is 48.5 Å². The lowest BCUT2D eigenvalue weighted by Gasteiger charge is -2.48. The molecule has 0 aromatic heterocycles. The number of rotatable bonds is 7. The molecule has 0 aromatic rings. The highest BCUT2D eigenvalue weighted by Gasteiger charge is 2.52. The number of likely N-dealkylation sites (N-methyl/N-ethyl adjacent to an activating group) is 2. The van der Waals surface area contributed by atoms with E-state index in [-0.39, 0.29) is 37.3 Å². The zero-order valence-electron chi connectivity index (χ0n) is 36.2. The number of ether oxygens (including phenoxy) is 6. The van der Waals surface area contributed by atoms with Crippen molar-refractivity contribution < 1.29 is 76.3 Å². The number of methoxy groups -OCH3 is 1. The van der Waals surface area contributed by atoms with E-state index in [0.717, 1.165) is 0 Å². The van der Waals surface area contributed by atoms with Gasteiger partial charge in [0.25, 0.3) is 0 Å². The largest absolute Gasteiger partial charge is 0.759 e. The maximum atomic E-state index is 14.2. The quantitative estimate of drug-likeness (QED) is 0.133. The van der Waals surface area contributed by atoms with E-state index in [4.69, 9.17) is 45.9 Å². The normalized spacial score (nSPS) is 46.3. The third-order valence-electron chi connectivity index (χ3n) is 12.2. The number of nitrogens with zero attached hydrogens (tertiary/aromatic N) is 2. The molecule has 18 nitrogen and oxygen atoms in total. The van der Waals surface area contributed by atoms with Gasteiger partial charge in [-0.1, -0.05) is 20.8 Å². The fraction of sp³-hybridized carbons (Fsp3) is 0.974. The molecule has 0 amide bonds. The van der Waals surface area contributed by atoms with E-state index in [1.807, 2.05) is 51.7 Å². The van der Waals surface area contributed by atoms with Gasteiger partial charge in [-0.3, -0.25) is 13.2 Å². The van der Waals surface area contributed by atoms with Gasteiger partial charge >= 0.3 is 5.97 Å². The Morgan fingerprint density at radius 1 is 0.947 bits per heavy atom. The van der Waals surface area contributed by atoms with Crippen LogP contribution < -0.4 is 0 Å². The Kier molecular flexibility index (Phi) is 18.8. The maximum Gasteiger partial charge on any atom is 0.311 e. The summed E-state index contributed by atoms with van der Waals surface area (Å²) in [7, 11) is 1.95. The molecule has 5 N–H and O–H groups in total. The van der Waals surface area contributed by atoms with Crippen LogP contribution in [-0.2, 0) is 43.6 Å². The minimum atomic E-state index is -5.17. The Hall–Kier alpha value is -1.14. The molecule has 0 bridgehead atoms. The lowest BCUT2D eigenvalue weighted by molar-refractivity contribution is -0.318. The number of aliphatic hydroxyl groups is 5. The van der Waals surface area contributed by atoms with Crippen LogP contribution in [0.1, 0.15) is 94.9 Å². The molecule has 3 aliphatic heterocycles. The molecular weight excluding hydrogens is 772 g/mol. The van der Waals surface area contributed by atoms with E-state index in [1.54, 1.807) is 41.5 Å². The van der Waals surface area contributed by atoms with Gasteiger partial charge in [0.1, 0.15) is 30.0 Å². The van der Waals surface area contributed by atoms with Crippen LogP contribution in [0, 0.1) is 17.8 Å². The van der Waals surface area contributed by atoms with Crippen LogP contribution in [0.3, 0.4) is 0 Å². The molecule has 57 heavy (non-hydrogen) atoms. The predicted molar refractivity (Wildman–Crippen MR) is 205 cm³/mol. The summed E-state index contributed by atoms with van der Waals surface area (Å²) in [6.45, 7) is 18.0. The van der Waals surface area contributed by atoms with Gasteiger partial charge in [0.2, 0.25) is 0 Å². The number of carbonyl (C=O) groups is 1. The molecule has 0 aromatic carbocycles. The number of aliphatic hydroxyl groups excluding tert-OH is 3. The summed E-state index contributed by atoms with van der Waals surface area (Å²) in [6.07, 6.45) is -8.19. The predicted octanol–water partition coefficient (Wildman–Crippen LogP) is 0.563. The van der Waals surface area contributed by atoms with Crippen molar-refractivity contribution in [1.82, 2.24) is 9.80 Å². The molecule has 338 valence electrons.